The van der Waals surface area contributed by atoms with Gasteiger partial charge in [0.15, 0.2) is 0 Å². The quantitative estimate of drug-likeness (QED) is 0.785. The summed E-state index contributed by atoms with van der Waals surface area (Å²) in [7, 11) is 0. The van der Waals surface area contributed by atoms with Gasteiger partial charge in [-0.15, -0.1) is 0 Å². The minimum atomic E-state index is 0. The first kappa shape index (κ1) is 19.0. The van der Waals surface area contributed by atoms with Crippen LogP contribution >= 0.6 is 0 Å². The Morgan fingerprint density at radius 2 is 1.73 bits per heavy atom. The molecule has 1 aliphatic heterocycles. The number of benzene rings is 1. The van der Waals surface area contributed by atoms with Crippen LogP contribution in [-0.4, -0.2) is 41.8 Å². The van der Waals surface area contributed by atoms with E-state index >= 15 is 0 Å². The molecule has 0 aliphatic carbocycles. The summed E-state index contributed by atoms with van der Waals surface area (Å²) in [6, 6.07) is 4.65. The number of aliphatic hydroxyl groups is 1. The second-order valence-corrected chi connectivity index (χ2v) is 7.36. The Hall–Kier alpha value is -1.06. The van der Waals surface area contributed by atoms with Crippen molar-refractivity contribution in [2.75, 3.05) is 24.6 Å². The van der Waals surface area contributed by atoms with Crippen molar-refractivity contribution in [3.8, 4) is 0 Å². The number of hydrogen-bond acceptors (Lipinski definition) is 2. The summed E-state index contributed by atoms with van der Waals surface area (Å²) in [4.78, 5) is 2.33. The number of nitrogens with zero attached hydrogens (tertiary/aromatic N) is 2. The molecule has 22 heavy (non-hydrogen) atoms. The fourth-order valence-corrected chi connectivity index (χ4v) is 3.43. The lowest BCUT2D eigenvalue weighted by molar-refractivity contribution is -0.572. The van der Waals surface area contributed by atoms with Crippen LogP contribution in [0.4, 0.5) is 5.69 Å². The van der Waals surface area contributed by atoms with Crippen LogP contribution in [0.5, 0.6) is 0 Å². The molecule has 0 radical (unpaired) electrons. The SMILES string of the molecule is Cc1cc(C)c(N2C=[N+]([C@H](CO)C(C)(C)C)CC2)c(C)c1.[Cl-]. The molecule has 4 heteroatoms. The lowest BCUT2D eigenvalue weighted by atomic mass is 9.87. The van der Waals surface area contributed by atoms with Gasteiger partial charge in [-0.05, 0) is 31.9 Å². The summed E-state index contributed by atoms with van der Waals surface area (Å²) in [5.41, 5.74) is 5.34. The Morgan fingerprint density at radius 1 is 1.18 bits per heavy atom. The van der Waals surface area contributed by atoms with E-state index in [2.05, 4.69) is 69.5 Å². The molecular formula is C18H29ClN2O. The van der Waals surface area contributed by atoms with Crippen molar-refractivity contribution in [2.45, 2.75) is 47.6 Å². The van der Waals surface area contributed by atoms with E-state index in [0.717, 1.165) is 13.1 Å². The van der Waals surface area contributed by atoms with Crippen LogP contribution in [0.15, 0.2) is 12.1 Å². The van der Waals surface area contributed by atoms with Gasteiger partial charge in [-0.25, -0.2) is 4.90 Å². The molecule has 1 heterocycles. The molecule has 124 valence electrons. The second-order valence-electron chi connectivity index (χ2n) is 7.36. The highest BCUT2D eigenvalue weighted by molar-refractivity contribution is 5.81. The maximum absolute atomic E-state index is 9.74. The highest BCUT2D eigenvalue weighted by Gasteiger charge is 2.35. The number of hydrogen-bond donors (Lipinski definition) is 1. The Kier molecular flexibility index (Phi) is 6.05. The van der Waals surface area contributed by atoms with Gasteiger partial charge in [-0.1, -0.05) is 38.5 Å². The molecule has 0 saturated heterocycles. The first-order chi connectivity index (χ1) is 9.74. The van der Waals surface area contributed by atoms with Crippen LogP contribution in [0.1, 0.15) is 37.5 Å². The zero-order valence-electron chi connectivity index (χ0n) is 14.7. The molecule has 1 N–H and O–H groups in total. The van der Waals surface area contributed by atoms with E-state index in [1.54, 1.807) is 0 Å². The first-order valence-electron chi connectivity index (χ1n) is 7.80. The van der Waals surface area contributed by atoms with Crippen molar-refractivity contribution >= 4 is 12.0 Å². The van der Waals surface area contributed by atoms with Gasteiger partial charge in [-0.2, -0.15) is 0 Å². The molecular weight excluding hydrogens is 296 g/mol. The maximum atomic E-state index is 9.74. The molecule has 1 aromatic rings. The van der Waals surface area contributed by atoms with E-state index in [-0.39, 0.29) is 30.5 Å². The van der Waals surface area contributed by atoms with Crippen molar-refractivity contribution in [3.05, 3.63) is 28.8 Å². The van der Waals surface area contributed by atoms with Gasteiger partial charge < -0.3 is 17.5 Å². The van der Waals surface area contributed by atoms with E-state index in [1.165, 1.54) is 22.4 Å². The number of halogens is 1. The molecule has 0 aromatic heterocycles. The summed E-state index contributed by atoms with van der Waals surface area (Å²) in [5, 5.41) is 9.74. The third-order valence-corrected chi connectivity index (χ3v) is 4.38. The van der Waals surface area contributed by atoms with Gasteiger partial charge in [0.2, 0.25) is 6.34 Å². The zero-order valence-corrected chi connectivity index (χ0v) is 15.4. The van der Waals surface area contributed by atoms with E-state index in [0.29, 0.717) is 0 Å². The lowest BCUT2D eigenvalue weighted by Gasteiger charge is -2.27. The van der Waals surface area contributed by atoms with Crippen LogP contribution < -0.4 is 17.3 Å². The minimum Gasteiger partial charge on any atom is -1.00 e. The predicted molar refractivity (Wildman–Crippen MR) is 89.5 cm³/mol. The van der Waals surface area contributed by atoms with Gasteiger partial charge in [0, 0.05) is 5.41 Å². The number of aryl methyl sites for hydroxylation is 3. The van der Waals surface area contributed by atoms with Gasteiger partial charge >= 0.3 is 0 Å². The van der Waals surface area contributed by atoms with E-state index < -0.39 is 0 Å². The highest BCUT2D eigenvalue weighted by Crippen LogP contribution is 2.28. The maximum Gasteiger partial charge on any atom is 0.239 e. The molecule has 0 spiro atoms. The predicted octanol–water partition coefficient (Wildman–Crippen LogP) is -0.116. The van der Waals surface area contributed by atoms with E-state index in [1.807, 2.05) is 0 Å². The third-order valence-electron chi connectivity index (χ3n) is 4.38. The largest absolute Gasteiger partial charge is 1.00 e. The second kappa shape index (κ2) is 7.01. The van der Waals surface area contributed by atoms with Crippen LogP contribution in [0.3, 0.4) is 0 Å². The molecule has 1 aromatic carbocycles. The van der Waals surface area contributed by atoms with E-state index in [9.17, 15) is 5.11 Å². The van der Waals surface area contributed by atoms with E-state index in [4.69, 9.17) is 0 Å². The van der Waals surface area contributed by atoms with Gasteiger partial charge in [0.05, 0.1) is 6.61 Å². The summed E-state index contributed by atoms with van der Waals surface area (Å²) < 4.78 is 2.29. The fraction of sp³-hybridized carbons (Fsp3) is 0.611. The molecule has 0 saturated carbocycles. The third kappa shape index (κ3) is 3.82. The van der Waals surface area contributed by atoms with Crippen molar-refractivity contribution in [2.24, 2.45) is 5.41 Å². The van der Waals surface area contributed by atoms with Crippen molar-refractivity contribution in [1.82, 2.24) is 0 Å². The van der Waals surface area contributed by atoms with Crippen molar-refractivity contribution in [3.63, 3.8) is 0 Å². The Morgan fingerprint density at radius 3 is 2.18 bits per heavy atom. The number of rotatable bonds is 3. The Bertz CT molecular complexity index is 538. The summed E-state index contributed by atoms with van der Waals surface area (Å²) in [6.45, 7) is 15.2. The molecule has 1 atom stereocenters. The summed E-state index contributed by atoms with van der Waals surface area (Å²) >= 11 is 0. The Labute approximate surface area is 141 Å². The molecule has 0 bridgehead atoms. The molecule has 1 aliphatic rings. The van der Waals surface area contributed by atoms with Gasteiger partial charge in [0.25, 0.3) is 0 Å². The van der Waals surface area contributed by atoms with Gasteiger partial charge in [0.1, 0.15) is 24.8 Å². The van der Waals surface area contributed by atoms with Crippen LogP contribution in [0, 0.1) is 26.2 Å². The number of anilines is 1. The normalized spacial score (nSPS) is 16.3. The van der Waals surface area contributed by atoms with Crippen LogP contribution in [0.2, 0.25) is 0 Å². The fourth-order valence-electron chi connectivity index (χ4n) is 3.43. The summed E-state index contributed by atoms with van der Waals surface area (Å²) in [6.07, 6.45) is 2.19. The average molecular weight is 325 g/mol. The highest BCUT2D eigenvalue weighted by atomic mass is 35.5. The molecule has 2 rings (SSSR count). The van der Waals surface area contributed by atoms with Crippen LogP contribution in [0.25, 0.3) is 0 Å². The van der Waals surface area contributed by atoms with Crippen LogP contribution in [-0.2, 0) is 0 Å². The molecule has 0 amide bonds. The van der Waals surface area contributed by atoms with Crippen molar-refractivity contribution in [1.29, 1.82) is 0 Å². The smallest absolute Gasteiger partial charge is 0.239 e. The molecule has 3 nitrogen and oxygen atoms in total. The standard InChI is InChI=1S/C18H29N2O.ClH/c1-13-9-14(2)17(15(3)10-13)20-8-7-19(12-20)16(11-21)18(4,5)6;/h9-10,12,16,21H,7-8,11H2,1-6H3;1H/q+1;/p-1/t16-;/m1./s1. The summed E-state index contributed by atoms with van der Waals surface area (Å²) in [5.74, 6) is 0. The van der Waals surface area contributed by atoms with Gasteiger partial charge in [-0.3, -0.25) is 4.58 Å². The number of aliphatic hydroxyl groups excluding tert-OH is 1. The molecule has 0 fully saturated rings. The Balaban J connectivity index is 0.00000242. The zero-order chi connectivity index (χ0) is 15.8. The van der Waals surface area contributed by atoms with Crippen molar-refractivity contribution < 1.29 is 22.1 Å². The average Bonchev–Trinajstić information content (AvgIpc) is 2.75. The topological polar surface area (TPSA) is 26.5 Å². The molecule has 0 unspecified atom stereocenters. The monoisotopic (exact) mass is 324 g/mol. The minimum absolute atomic E-state index is 0. The first-order valence-corrected chi connectivity index (χ1v) is 7.80. The lowest BCUT2D eigenvalue weighted by Crippen LogP contribution is -3.00.